The van der Waals surface area contributed by atoms with Crippen LogP contribution in [0.4, 0.5) is 11.4 Å². The number of carbonyl (C=O) groups excluding carboxylic acids is 1. The zero-order chi connectivity index (χ0) is 14.8. The molecule has 104 valence electrons. The molecule has 1 unspecified atom stereocenters. The third-order valence-electron chi connectivity index (χ3n) is 3.44. The predicted octanol–water partition coefficient (Wildman–Crippen LogP) is 3.19. The number of fused-ring (bicyclic) bond motifs is 1. The number of halogens is 1. The second-order valence-corrected chi connectivity index (χ2v) is 5.26. The number of anilines is 2. The average Bonchev–Trinajstić information content (AvgIpc) is 2.93. The van der Waals surface area contributed by atoms with Crippen LogP contribution in [0.15, 0.2) is 42.5 Å². The summed E-state index contributed by atoms with van der Waals surface area (Å²) in [7, 11) is 0. The first kappa shape index (κ1) is 13.5. The van der Waals surface area contributed by atoms with Gasteiger partial charge in [0.25, 0.3) is 0 Å². The SMILES string of the molecule is N#Cc1cc(NC(=O)C2Cc3ccccc3N2)ccc1Cl. The van der Waals surface area contributed by atoms with E-state index in [0.29, 0.717) is 22.7 Å². The maximum absolute atomic E-state index is 12.3. The van der Waals surface area contributed by atoms with Crippen LogP contribution < -0.4 is 10.6 Å². The van der Waals surface area contributed by atoms with Gasteiger partial charge in [-0.15, -0.1) is 0 Å². The third kappa shape index (κ3) is 2.69. The van der Waals surface area contributed by atoms with Gasteiger partial charge >= 0.3 is 0 Å². The molecule has 0 spiro atoms. The molecule has 0 saturated carbocycles. The normalized spacial score (nSPS) is 15.7. The van der Waals surface area contributed by atoms with Gasteiger partial charge in [-0.3, -0.25) is 4.79 Å². The molecule has 0 saturated heterocycles. The molecule has 0 aromatic heterocycles. The summed E-state index contributed by atoms with van der Waals surface area (Å²) < 4.78 is 0. The number of nitrogens with one attached hydrogen (secondary N) is 2. The van der Waals surface area contributed by atoms with E-state index in [4.69, 9.17) is 16.9 Å². The number of amides is 1. The molecular formula is C16H12ClN3O. The monoisotopic (exact) mass is 297 g/mol. The molecule has 0 fully saturated rings. The van der Waals surface area contributed by atoms with E-state index < -0.39 is 0 Å². The molecule has 0 aliphatic carbocycles. The maximum atomic E-state index is 12.3. The Labute approximate surface area is 127 Å². The Morgan fingerprint density at radius 2 is 2.14 bits per heavy atom. The van der Waals surface area contributed by atoms with E-state index in [1.54, 1.807) is 18.2 Å². The van der Waals surface area contributed by atoms with E-state index in [1.807, 2.05) is 30.3 Å². The Morgan fingerprint density at radius 1 is 1.33 bits per heavy atom. The number of nitriles is 1. The zero-order valence-corrected chi connectivity index (χ0v) is 11.8. The highest BCUT2D eigenvalue weighted by Crippen LogP contribution is 2.26. The largest absolute Gasteiger partial charge is 0.373 e. The van der Waals surface area contributed by atoms with Gasteiger partial charge in [0.2, 0.25) is 5.91 Å². The lowest BCUT2D eigenvalue weighted by Gasteiger charge is -2.12. The highest BCUT2D eigenvalue weighted by atomic mass is 35.5. The van der Waals surface area contributed by atoms with Gasteiger partial charge in [0, 0.05) is 17.8 Å². The molecule has 2 N–H and O–H groups in total. The summed E-state index contributed by atoms with van der Waals surface area (Å²) in [5.74, 6) is -0.127. The minimum Gasteiger partial charge on any atom is -0.373 e. The minimum atomic E-state index is -0.302. The molecule has 21 heavy (non-hydrogen) atoms. The van der Waals surface area contributed by atoms with Crippen LogP contribution in [0.1, 0.15) is 11.1 Å². The number of benzene rings is 2. The molecule has 5 heteroatoms. The van der Waals surface area contributed by atoms with Crippen molar-refractivity contribution in [1.82, 2.24) is 0 Å². The molecule has 2 aromatic carbocycles. The third-order valence-corrected chi connectivity index (χ3v) is 3.77. The van der Waals surface area contributed by atoms with Crippen LogP contribution >= 0.6 is 11.6 Å². The summed E-state index contributed by atoms with van der Waals surface area (Å²) in [5, 5.41) is 15.3. The molecule has 3 rings (SSSR count). The zero-order valence-electron chi connectivity index (χ0n) is 11.1. The summed E-state index contributed by atoms with van der Waals surface area (Å²) in [6.07, 6.45) is 0.653. The van der Waals surface area contributed by atoms with Crippen LogP contribution in [0.5, 0.6) is 0 Å². The molecule has 0 bridgehead atoms. The topological polar surface area (TPSA) is 64.9 Å². The number of carbonyl (C=O) groups is 1. The van der Waals surface area contributed by atoms with Crippen molar-refractivity contribution in [3.8, 4) is 6.07 Å². The van der Waals surface area contributed by atoms with Crippen molar-refractivity contribution in [3.05, 3.63) is 58.6 Å². The highest BCUT2D eigenvalue weighted by molar-refractivity contribution is 6.31. The lowest BCUT2D eigenvalue weighted by atomic mass is 10.1. The van der Waals surface area contributed by atoms with Gasteiger partial charge in [0.1, 0.15) is 12.1 Å². The minimum absolute atomic E-state index is 0.127. The van der Waals surface area contributed by atoms with Gasteiger partial charge in [-0.1, -0.05) is 29.8 Å². The van der Waals surface area contributed by atoms with Gasteiger partial charge in [0.05, 0.1) is 10.6 Å². The molecule has 2 aromatic rings. The summed E-state index contributed by atoms with van der Waals surface area (Å²) in [6.45, 7) is 0. The number of nitrogens with zero attached hydrogens (tertiary/aromatic N) is 1. The number of rotatable bonds is 2. The van der Waals surface area contributed by atoms with Crippen LogP contribution in [-0.4, -0.2) is 11.9 Å². The maximum Gasteiger partial charge on any atom is 0.247 e. The second kappa shape index (κ2) is 5.47. The van der Waals surface area contributed by atoms with Crippen LogP contribution in [-0.2, 0) is 11.2 Å². The lowest BCUT2D eigenvalue weighted by Crippen LogP contribution is -2.32. The van der Waals surface area contributed by atoms with Crippen molar-refractivity contribution >= 4 is 28.9 Å². The first-order valence-electron chi connectivity index (χ1n) is 6.52. The van der Waals surface area contributed by atoms with Crippen molar-refractivity contribution in [2.24, 2.45) is 0 Å². The van der Waals surface area contributed by atoms with Crippen molar-refractivity contribution in [3.63, 3.8) is 0 Å². The van der Waals surface area contributed by atoms with E-state index in [0.717, 1.165) is 11.3 Å². The summed E-state index contributed by atoms with van der Waals surface area (Å²) in [4.78, 5) is 12.3. The van der Waals surface area contributed by atoms with Gasteiger partial charge < -0.3 is 10.6 Å². The molecule has 1 atom stereocenters. The van der Waals surface area contributed by atoms with Crippen molar-refractivity contribution in [2.75, 3.05) is 10.6 Å². The van der Waals surface area contributed by atoms with E-state index in [1.165, 1.54) is 0 Å². The summed E-state index contributed by atoms with van der Waals surface area (Å²) >= 11 is 5.87. The van der Waals surface area contributed by atoms with Crippen molar-refractivity contribution in [2.45, 2.75) is 12.5 Å². The fourth-order valence-electron chi connectivity index (χ4n) is 2.37. The van der Waals surface area contributed by atoms with Crippen LogP contribution in [0.25, 0.3) is 0 Å². The van der Waals surface area contributed by atoms with Crippen molar-refractivity contribution in [1.29, 1.82) is 5.26 Å². The fraction of sp³-hybridized carbons (Fsp3) is 0.125. The molecule has 4 nitrogen and oxygen atoms in total. The first-order valence-corrected chi connectivity index (χ1v) is 6.90. The van der Waals surface area contributed by atoms with Crippen LogP contribution in [0, 0.1) is 11.3 Å². The Balaban J connectivity index is 1.73. The van der Waals surface area contributed by atoms with E-state index in [-0.39, 0.29) is 11.9 Å². The van der Waals surface area contributed by atoms with Crippen LogP contribution in [0.3, 0.4) is 0 Å². The first-order chi connectivity index (χ1) is 10.2. The Bertz CT molecular complexity index is 726. The fourth-order valence-corrected chi connectivity index (χ4v) is 2.53. The standard InChI is InChI=1S/C16H12ClN3O/c17-13-6-5-12(7-11(13)9-18)19-16(21)15-8-10-3-1-2-4-14(10)20-15/h1-7,15,20H,8H2,(H,19,21). The van der Waals surface area contributed by atoms with Crippen LogP contribution in [0.2, 0.25) is 5.02 Å². The Morgan fingerprint density at radius 3 is 2.90 bits per heavy atom. The van der Waals surface area contributed by atoms with Crippen molar-refractivity contribution < 1.29 is 4.79 Å². The molecule has 1 aliphatic rings. The number of hydrogen-bond donors (Lipinski definition) is 2. The number of hydrogen-bond acceptors (Lipinski definition) is 3. The molecule has 1 aliphatic heterocycles. The van der Waals surface area contributed by atoms with Gasteiger partial charge in [-0.2, -0.15) is 5.26 Å². The Kier molecular flexibility index (Phi) is 3.51. The van der Waals surface area contributed by atoms with Gasteiger partial charge in [0.15, 0.2) is 0 Å². The lowest BCUT2D eigenvalue weighted by molar-refractivity contribution is -0.116. The number of para-hydroxylation sites is 1. The molecule has 0 radical (unpaired) electrons. The predicted molar refractivity (Wildman–Crippen MR) is 82.4 cm³/mol. The molecule has 1 heterocycles. The molecular weight excluding hydrogens is 286 g/mol. The van der Waals surface area contributed by atoms with Gasteiger partial charge in [-0.05, 0) is 29.8 Å². The highest BCUT2D eigenvalue weighted by Gasteiger charge is 2.26. The molecule has 1 amide bonds. The average molecular weight is 298 g/mol. The quantitative estimate of drug-likeness (QED) is 0.894. The smallest absolute Gasteiger partial charge is 0.247 e. The second-order valence-electron chi connectivity index (χ2n) is 4.85. The van der Waals surface area contributed by atoms with E-state index in [2.05, 4.69) is 10.6 Å². The summed E-state index contributed by atoms with van der Waals surface area (Å²) in [6, 6.07) is 14.4. The Hall–Kier alpha value is -2.51. The van der Waals surface area contributed by atoms with E-state index >= 15 is 0 Å². The van der Waals surface area contributed by atoms with E-state index in [9.17, 15) is 4.79 Å². The summed E-state index contributed by atoms with van der Waals surface area (Å²) in [5.41, 5.74) is 3.04. The van der Waals surface area contributed by atoms with Gasteiger partial charge in [-0.25, -0.2) is 0 Å².